The van der Waals surface area contributed by atoms with Gasteiger partial charge in [0.2, 0.25) is 5.91 Å². The Labute approximate surface area is 252 Å². The molecule has 0 saturated carbocycles. The number of imidazole rings is 1. The Bertz CT molecular complexity index is 1710. The Kier molecular flexibility index (Phi) is 7.41. The Hall–Kier alpha value is -4.13. The third-order valence-corrected chi connectivity index (χ3v) is 9.73. The van der Waals surface area contributed by atoms with E-state index >= 15 is 0 Å². The van der Waals surface area contributed by atoms with Crippen LogP contribution in [0.15, 0.2) is 48.8 Å². The van der Waals surface area contributed by atoms with Gasteiger partial charge in [-0.2, -0.15) is 0 Å². The third-order valence-electron chi connectivity index (χ3n) is 8.70. The Morgan fingerprint density at radius 3 is 2.70 bits per heavy atom. The van der Waals surface area contributed by atoms with Crippen molar-refractivity contribution in [2.24, 2.45) is 5.73 Å². The van der Waals surface area contributed by atoms with Crippen LogP contribution in [-0.2, 0) is 17.6 Å². The molecule has 4 aromatic rings. The molecule has 3 aromatic heterocycles. The molecule has 3 N–H and O–H groups in total. The number of aromatic nitrogens is 3. The summed E-state index contributed by atoms with van der Waals surface area (Å²) < 4.78 is 7.16. The van der Waals surface area contributed by atoms with Crippen LogP contribution in [0.3, 0.4) is 0 Å². The highest BCUT2D eigenvalue weighted by Crippen LogP contribution is 2.35. The van der Waals surface area contributed by atoms with Crippen LogP contribution in [-0.4, -0.2) is 80.8 Å². The van der Waals surface area contributed by atoms with Crippen LogP contribution < -0.4 is 11.1 Å². The van der Waals surface area contributed by atoms with E-state index in [1.165, 1.54) is 4.88 Å². The highest BCUT2D eigenvalue weighted by atomic mass is 32.1. The number of nitrogens with two attached hydrogens (primary N) is 1. The van der Waals surface area contributed by atoms with Gasteiger partial charge in [0, 0.05) is 48.5 Å². The first-order valence-electron chi connectivity index (χ1n) is 14.7. The second-order valence-corrected chi connectivity index (χ2v) is 12.4. The maximum absolute atomic E-state index is 13.6. The molecular formula is C31H33N7O4S. The van der Waals surface area contributed by atoms with Crippen LogP contribution in [0.2, 0.25) is 0 Å². The zero-order valence-corrected chi connectivity index (χ0v) is 24.5. The number of anilines is 1. The summed E-state index contributed by atoms with van der Waals surface area (Å²) in [5.41, 5.74) is 9.13. The number of amides is 3. The Morgan fingerprint density at radius 2 is 1.86 bits per heavy atom. The first kappa shape index (κ1) is 27.7. The van der Waals surface area contributed by atoms with E-state index in [2.05, 4.69) is 15.2 Å². The molecule has 2 aliphatic heterocycles. The number of nitrogens with zero attached hydrogens (tertiary/aromatic N) is 5. The summed E-state index contributed by atoms with van der Waals surface area (Å²) in [6.07, 6.45) is 7.80. The van der Waals surface area contributed by atoms with E-state index in [9.17, 15) is 14.4 Å². The summed E-state index contributed by atoms with van der Waals surface area (Å²) in [7, 11) is 0. The van der Waals surface area contributed by atoms with Crippen molar-refractivity contribution in [3.05, 3.63) is 81.7 Å². The number of rotatable bonds is 6. The van der Waals surface area contributed by atoms with Gasteiger partial charge in [0.1, 0.15) is 11.3 Å². The first-order chi connectivity index (χ1) is 20.9. The molecule has 43 heavy (non-hydrogen) atoms. The van der Waals surface area contributed by atoms with Crippen LogP contribution in [0.1, 0.15) is 72.6 Å². The summed E-state index contributed by atoms with van der Waals surface area (Å²) in [6.45, 7) is 4.12. The number of aryl methyl sites for hydroxylation is 1. The van der Waals surface area contributed by atoms with E-state index in [0.29, 0.717) is 40.2 Å². The van der Waals surface area contributed by atoms with E-state index < -0.39 is 5.91 Å². The number of ether oxygens (including phenoxy) is 1. The largest absolute Gasteiger partial charge is 0.379 e. The second kappa shape index (κ2) is 11.5. The standard InChI is InChI=1S/C31H33N7O4S/c32-28(39)21-6-9-27-33-24(18-37(27)17-21)30(41)38-10-2-5-25(38)19-3-1-4-20(15-19)29(40)35-31-34-23-8-7-22(16-26(23)43-31)36-11-13-42-14-12-36/h1,3-4,6,9,15,17-18,22,25H,2,5,7-8,10-14,16H2,(H2,32,39)(H,34,35,40)/t22-,25+/m0/s1. The van der Waals surface area contributed by atoms with Crippen molar-refractivity contribution in [2.45, 2.75) is 44.2 Å². The lowest BCUT2D eigenvalue weighted by molar-refractivity contribution is 0.0139. The SMILES string of the molecule is NC(=O)c1ccc2nc(C(=O)N3CCC[C@@H]3c3cccc(C(=O)Nc4nc5c(s4)C[C@@H](N4CCOCC4)CC5)c3)cn2c1. The predicted octanol–water partition coefficient (Wildman–Crippen LogP) is 3.31. The van der Waals surface area contributed by atoms with Crippen molar-refractivity contribution in [3.63, 3.8) is 0 Å². The zero-order valence-electron chi connectivity index (χ0n) is 23.7. The maximum Gasteiger partial charge on any atom is 0.274 e. The van der Waals surface area contributed by atoms with Gasteiger partial charge in [0.25, 0.3) is 11.8 Å². The van der Waals surface area contributed by atoms with Crippen LogP contribution in [0, 0.1) is 0 Å². The first-order valence-corrected chi connectivity index (χ1v) is 15.6. The molecule has 1 aliphatic carbocycles. The minimum absolute atomic E-state index is 0.171. The normalized spacial score (nSPS) is 20.7. The lowest BCUT2D eigenvalue weighted by atomic mass is 9.96. The Balaban J connectivity index is 1.04. The molecule has 3 amide bonds. The number of likely N-dealkylation sites (tertiary alicyclic amines) is 1. The van der Waals surface area contributed by atoms with Crippen molar-refractivity contribution >= 4 is 39.8 Å². The van der Waals surface area contributed by atoms with Crippen molar-refractivity contribution < 1.29 is 19.1 Å². The quantitative estimate of drug-likeness (QED) is 0.347. The van der Waals surface area contributed by atoms with E-state index in [-0.39, 0.29) is 17.9 Å². The summed E-state index contributed by atoms with van der Waals surface area (Å²) in [5.74, 6) is -0.941. The number of carbonyl (C=O) groups is 3. The molecule has 5 heterocycles. The monoisotopic (exact) mass is 599 g/mol. The van der Waals surface area contributed by atoms with Crippen molar-refractivity contribution in [1.82, 2.24) is 24.2 Å². The number of thiazole rings is 1. The average Bonchev–Trinajstić information content (AvgIpc) is 3.78. The van der Waals surface area contributed by atoms with Gasteiger partial charge in [0.15, 0.2) is 5.13 Å². The predicted molar refractivity (Wildman–Crippen MR) is 161 cm³/mol. The molecule has 0 bridgehead atoms. The molecule has 3 aliphatic rings. The van der Waals surface area contributed by atoms with Crippen molar-refractivity contribution in [3.8, 4) is 0 Å². The number of hydrogen-bond donors (Lipinski definition) is 2. The number of morpholine rings is 1. The molecule has 2 saturated heterocycles. The summed E-state index contributed by atoms with van der Waals surface area (Å²) >= 11 is 1.57. The highest BCUT2D eigenvalue weighted by molar-refractivity contribution is 7.15. The number of pyridine rings is 1. The van der Waals surface area contributed by atoms with Gasteiger partial charge in [-0.3, -0.25) is 24.6 Å². The number of carbonyl (C=O) groups excluding carboxylic acids is 3. The molecular weight excluding hydrogens is 566 g/mol. The molecule has 0 unspecified atom stereocenters. The topological polar surface area (TPSA) is 135 Å². The molecule has 7 rings (SSSR count). The number of fused-ring (bicyclic) bond motifs is 2. The maximum atomic E-state index is 13.6. The number of nitrogens with one attached hydrogen (secondary N) is 1. The number of primary amides is 1. The fourth-order valence-electron chi connectivity index (χ4n) is 6.47. The van der Waals surface area contributed by atoms with Crippen LogP contribution in [0.4, 0.5) is 5.13 Å². The lowest BCUT2D eigenvalue weighted by Gasteiger charge is -2.36. The zero-order chi connectivity index (χ0) is 29.5. The van der Waals surface area contributed by atoms with Gasteiger partial charge >= 0.3 is 0 Å². The van der Waals surface area contributed by atoms with E-state index in [1.807, 2.05) is 23.1 Å². The molecule has 2 fully saturated rings. The summed E-state index contributed by atoms with van der Waals surface area (Å²) in [6, 6.07) is 11.1. The third kappa shape index (κ3) is 5.53. The number of benzene rings is 1. The van der Waals surface area contributed by atoms with E-state index in [1.54, 1.807) is 46.3 Å². The summed E-state index contributed by atoms with van der Waals surface area (Å²) in [5, 5.41) is 3.65. The molecule has 11 nitrogen and oxygen atoms in total. The molecule has 222 valence electrons. The van der Waals surface area contributed by atoms with Gasteiger partial charge in [-0.05, 0) is 61.9 Å². The second-order valence-electron chi connectivity index (χ2n) is 11.3. The van der Waals surface area contributed by atoms with Crippen LogP contribution in [0.25, 0.3) is 5.65 Å². The fourth-order valence-corrected chi connectivity index (χ4v) is 7.54. The van der Waals surface area contributed by atoms with Crippen LogP contribution >= 0.6 is 11.3 Å². The van der Waals surface area contributed by atoms with Crippen molar-refractivity contribution in [1.29, 1.82) is 0 Å². The molecule has 0 radical (unpaired) electrons. The fraction of sp³-hybridized carbons (Fsp3) is 0.387. The molecule has 1 aromatic carbocycles. The molecule has 0 spiro atoms. The minimum atomic E-state index is -0.543. The summed E-state index contributed by atoms with van der Waals surface area (Å²) in [4.78, 5) is 53.3. The highest BCUT2D eigenvalue weighted by Gasteiger charge is 2.33. The average molecular weight is 600 g/mol. The van der Waals surface area contributed by atoms with Gasteiger partial charge in [0.05, 0.1) is 30.5 Å². The van der Waals surface area contributed by atoms with E-state index in [0.717, 1.165) is 69.7 Å². The minimum Gasteiger partial charge on any atom is -0.379 e. The molecule has 12 heteroatoms. The smallest absolute Gasteiger partial charge is 0.274 e. The Morgan fingerprint density at radius 1 is 1.00 bits per heavy atom. The van der Waals surface area contributed by atoms with Gasteiger partial charge in [-0.15, -0.1) is 11.3 Å². The van der Waals surface area contributed by atoms with Crippen LogP contribution in [0.5, 0.6) is 0 Å². The van der Waals surface area contributed by atoms with E-state index in [4.69, 9.17) is 15.5 Å². The van der Waals surface area contributed by atoms with Gasteiger partial charge < -0.3 is 19.8 Å². The van der Waals surface area contributed by atoms with Crippen molar-refractivity contribution in [2.75, 3.05) is 38.2 Å². The lowest BCUT2D eigenvalue weighted by Crippen LogP contribution is -2.45. The molecule has 2 atom stereocenters. The van der Waals surface area contributed by atoms with Gasteiger partial charge in [-0.1, -0.05) is 12.1 Å². The number of hydrogen-bond acceptors (Lipinski definition) is 8. The van der Waals surface area contributed by atoms with Gasteiger partial charge in [-0.25, -0.2) is 9.97 Å².